The van der Waals surface area contributed by atoms with Crippen LogP contribution < -0.4 is 11.4 Å². The van der Waals surface area contributed by atoms with Crippen LogP contribution in [0.5, 0.6) is 0 Å². The first-order chi connectivity index (χ1) is 13.5. The van der Waals surface area contributed by atoms with E-state index in [0.29, 0.717) is 42.2 Å². The predicted molar refractivity (Wildman–Crippen MR) is 99.1 cm³/mol. The van der Waals surface area contributed by atoms with E-state index in [-0.39, 0.29) is 45.8 Å². The number of nitrogens with zero attached hydrogens (tertiary/aromatic N) is 3. The van der Waals surface area contributed by atoms with E-state index in [9.17, 15) is 18.0 Å². The van der Waals surface area contributed by atoms with Crippen molar-refractivity contribution in [3.05, 3.63) is 51.3 Å². The molecule has 2 spiro atoms. The molecule has 5 fully saturated rings. The van der Waals surface area contributed by atoms with E-state index >= 15 is 0 Å². The summed E-state index contributed by atoms with van der Waals surface area (Å²) in [4.78, 5) is 26.9. The fraction of sp³-hybridized carbons (Fsp3) is 0.600. The van der Waals surface area contributed by atoms with E-state index in [1.54, 1.807) is 21.5 Å². The summed E-state index contributed by atoms with van der Waals surface area (Å²) >= 11 is 0. The molecule has 0 radical (unpaired) electrons. The molecular weight excluding hydrogens is 378 g/mol. The third-order valence-electron chi connectivity index (χ3n) is 9.46. The third-order valence-corrected chi connectivity index (χ3v) is 11.1. The number of aromatic nitrogens is 3. The second-order valence-electron chi connectivity index (χ2n) is 9.76. The van der Waals surface area contributed by atoms with Crippen molar-refractivity contribution in [1.29, 1.82) is 0 Å². The lowest BCUT2D eigenvalue weighted by Crippen LogP contribution is -2.52. The van der Waals surface area contributed by atoms with E-state index in [4.69, 9.17) is 0 Å². The second-order valence-corrected chi connectivity index (χ2v) is 12.1. The van der Waals surface area contributed by atoms with Gasteiger partial charge in [0.1, 0.15) is 9.84 Å². The lowest BCUT2D eigenvalue weighted by molar-refractivity contribution is -0.00192. The van der Waals surface area contributed by atoms with Crippen LogP contribution in [0.1, 0.15) is 24.9 Å². The molecule has 4 heterocycles. The van der Waals surface area contributed by atoms with Crippen LogP contribution in [-0.2, 0) is 9.84 Å². The fourth-order valence-corrected chi connectivity index (χ4v) is 10.5. The molecule has 7 nitrogen and oxygen atoms in total. The van der Waals surface area contributed by atoms with Gasteiger partial charge in [0.2, 0.25) is 0 Å². The van der Waals surface area contributed by atoms with Gasteiger partial charge >= 0.3 is 11.4 Å². The lowest BCUT2D eigenvalue weighted by Gasteiger charge is -2.47. The fourth-order valence-electron chi connectivity index (χ4n) is 9.01. The zero-order chi connectivity index (χ0) is 18.8. The van der Waals surface area contributed by atoms with E-state index in [1.807, 2.05) is 18.2 Å². The van der Waals surface area contributed by atoms with E-state index < -0.39 is 9.84 Å². The molecule has 4 saturated carbocycles. The molecule has 1 saturated heterocycles. The Hall–Kier alpha value is -2.09. The molecule has 7 aliphatic rings. The summed E-state index contributed by atoms with van der Waals surface area (Å²) in [5.74, 6) is 2.54. The zero-order valence-corrected chi connectivity index (χ0v) is 15.9. The van der Waals surface area contributed by atoms with Crippen LogP contribution in [0.15, 0.2) is 39.9 Å². The van der Waals surface area contributed by atoms with Gasteiger partial charge in [-0.1, -0.05) is 18.2 Å². The summed E-state index contributed by atoms with van der Waals surface area (Å²) in [5.41, 5.74) is -0.0239. The maximum Gasteiger partial charge on any atom is 0.352 e. The van der Waals surface area contributed by atoms with Crippen LogP contribution in [-0.4, -0.2) is 33.9 Å². The zero-order valence-electron chi connectivity index (χ0n) is 15.1. The molecule has 0 N–H and O–H groups in total. The summed E-state index contributed by atoms with van der Waals surface area (Å²) < 4.78 is 29.6. The van der Waals surface area contributed by atoms with Crippen molar-refractivity contribution in [2.75, 3.05) is 11.5 Å². The third kappa shape index (κ3) is 1.14. The van der Waals surface area contributed by atoms with Crippen LogP contribution in [0.25, 0.3) is 5.69 Å². The molecule has 2 unspecified atom stereocenters. The van der Waals surface area contributed by atoms with Gasteiger partial charge in [-0.05, 0) is 48.6 Å². The first-order valence-corrected chi connectivity index (χ1v) is 12.0. The van der Waals surface area contributed by atoms with Gasteiger partial charge in [-0.2, -0.15) is 0 Å². The monoisotopic (exact) mass is 397 g/mol. The Bertz CT molecular complexity index is 1260. The SMILES string of the molecule is O=c1n(-c2ccccc2)c(=O)n2n1[C@H]1[C@@H]3C4C5[C@@]16CCS(=O)(=O)CC[C@]56[C@H]2[C@@H]43. The number of hydrogen-bond acceptors (Lipinski definition) is 4. The molecular formula is C20H19N3O4S. The van der Waals surface area contributed by atoms with Gasteiger partial charge in [0.15, 0.2) is 0 Å². The Morgan fingerprint density at radius 1 is 0.821 bits per heavy atom. The second kappa shape index (κ2) is 3.84. The van der Waals surface area contributed by atoms with E-state index in [0.717, 1.165) is 0 Å². The largest absolute Gasteiger partial charge is 0.352 e. The van der Waals surface area contributed by atoms with Crippen molar-refractivity contribution < 1.29 is 8.42 Å². The van der Waals surface area contributed by atoms with Crippen molar-refractivity contribution in [2.45, 2.75) is 24.9 Å². The van der Waals surface area contributed by atoms with Crippen LogP contribution in [0.3, 0.4) is 0 Å². The van der Waals surface area contributed by atoms with Crippen molar-refractivity contribution in [3.8, 4) is 5.69 Å². The Labute approximate surface area is 160 Å². The van der Waals surface area contributed by atoms with Gasteiger partial charge in [-0.15, -0.1) is 0 Å². The van der Waals surface area contributed by atoms with Crippen LogP contribution >= 0.6 is 0 Å². The normalized spacial score (nSPS) is 49.3. The Morgan fingerprint density at radius 2 is 1.36 bits per heavy atom. The van der Waals surface area contributed by atoms with Gasteiger partial charge < -0.3 is 0 Å². The molecule has 3 aliphatic heterocycles. The van der Waals surface area contributed by atoms with Crippen molar-refractivity contribution >= 4 is 9.84 Å². The van der Waals surface area contributed by atoms with Crippen molar-refractivity contribution in [3.63, 3.8) is 0 Å². The van der Waals surface area contributed by atoms with Gasteiger partial charge in [-0.3, -0.25) is 0 Å². The summed E-state index contributed by atoms with van der Waals surface area (Å²) in [6.45, 7) is 0. The number of sulfone groups is 1. The Morgan fingerprint density at radius 3 is 1.89 bits per heavy atom. The quantitative estimate of drug-likeness (QED) is 0.706. The molecule has 4 aliphatic carbocycles. The maximum absolute atomic E-state index is 13.4. The minimum Gasteiger partial charge on any atom is -0.245 e. The highest BCUT2D eigenvalue weighted by Crippen LogP contribution is 3.04. The minimum absolute atomic E-state index is 0.0102. The average Bonchev–Trinajstić information content (AvgIpc) is 3.45. The summed E-state index contributed by atoms with van der Waals surface area (Å²) in [5, 5.41) is 0. The Kier molecular flexibility index (Phi) is 2.03. The highest BCUT2D eigenvalue weighted by molar-refractivity contribution is 7.91. The van der Waals surface area contributed by atoms with E-state index in [1.165, 1.54) is 4.57 Å². The highest BCUT2D eigenvalue weighted by atomic mass is 32.2. The molecule has 8 heteroatoms. The van der Waals surface area contributed by atoms with Gasteiger partial charge in [0, 0.05) is 10.8 Å². The molecule has 2 aromatic rings. The molecule has 2 bridgehead atoms. The summed E-state index contributed by atoms with van der Waals surface area (Å²) in [7, 11) is -3.03. The van der Waals surface area contributed by atoms with Gasteiger partial charge in [-0.25, -0.2) is 31.9 Å². The molecule has 144 valence electrons. The average molecular weight is 397 g/mol. The van der Waals surface area contributed by atoms with Crippen LogP contribution in [0.2, 0.25) is 0 Å². The summed E-state index contributed by atoms with van der Waals surface area (Å²) in [6, 6.07) is 9.16. The molecule has 1 aromatic carbocycles. The minimum atomic E-state index is -3.03. The number of rotatable bonds is 1. The molecule has 1 aromatic heterocycles. The number of para-hydroxylation sites is 1. The summed E-state index contributed by atoms with van der Waals surface area (Å²) in [6.07, 6.45) is 1.33. The molecule has 28 heavy (non-hydrogen) atoms. The first kappa shape index (κ1) is 14.8. The van der Waals surface area contributed by atoms with Crippen LogP contribution in [0, 0.1) is 34.5 Å². The standard InChI is InChI=1S/C20H19N3O4S/c24-17-21(10-4-2-1-3-5-10)18(25)23-16-13-11-12(13)15(22(17)23)19-6-8-28(26,27)9-7-20(16,19)14(11)19/h1-5,11-16H,6-9H2/t11?,12-,13+,14?,15+,16-,19+,20-. The van der Waals surface area contributed by atoms with Gasteiger partial charge in [0.25, 0.3) is 0 Å². The number of benzene rings is 1. The maximum atomic E-state index is 13.4. The predicted octanol–water partition coefficient (Wildman–Crippen LogP) is 0.597. The molecule has 9 rings (SSSR count). The van der Waals surface area contributed by atoms with Crippen molar-refractivity contribution in [1.82, 2.24) is 13.9 Å². The van der Waals surface area contributed by atoms with Gasteiger partial charge in [0.05, 0.1) is 29.3 Å². The lowest BCUT2D eigenvalue weighted by atomic mass is 9.69. The topological polar surface area (TPSA) is 83.1 Å². The Balaban J connectivity index is 1.42. The molecule has 0 amide bonds. The van der Waals surface area contributed by atoms with Crippen molar-refractivity contribution in [2.24, 2.45) is 34.5 Å². The smallest absolute Gasteiger partial charge is 0.245 e. The first-order valence-electron chi connectivity index (χ1n) is 10.2. The highest BCUT2D eigenvalue weighted by Gasteiger charge is 3.02. The number of hydrogen-bond donors (Lipinski definition) is 0. The molecule has 8 atom stereocenters. The van der Waals surface area contributed by atoms with E-state index in [2.05, 4.69) is 0 Å². The van der Waals surface area contributed by atoms with Crippen LogP contribution in [0.4, 0.5) is 0 Å².